The zero-order valence-electron chi connectivity index (χ0n) is 10.4. The SMILES string of the molecule is CC1CCCNC1NC(=O)C1CCC([N+](=O)[O-])O1. The zero-order chi connectivity index (χ0) is 13.1. The molecule has 0 aromatic heterocycles. The van der Waals surface area contributed by atoms with Gasteiger partial charge in [-0.1, -0.05) is 6.92 Å². The van der Waals surface area contributed by atoms with Gasteiger partial charge in [0.2, 0.25) is 0 Å². The quantitative estimate of drug-likeness (QED) is 0.557. The van der Waals surface area contributed by atoms with Crippen molar-refractivity contribution in [3.05, 3.63) is 10.1 Å². The molecule has 2 saturated heterocycles. The van der Waals surface area contributed by atoms with Crippen molar-refractivity contribution in [2.75, 3.05) is 6.54 Å². The van der Waals surface area contributed by atoms with Gasteiger partial charge in [-0.25, -0.2) is 0 Å². The molecule has 102 valence electrons. The summed E-state index contributed by atoms with van der Waals surface area (Å²) >= 11 is 0. The second kappa shape index (κ2) is 5.62. The molecule has 0 spiro atoms. The standard InChI is InChI=1S/C11H19N3O4/c1-7-3-2-6-12-10(7)13-11(15)8-4-5-9(18-8)14(16)17/h7-10,12H,2-6H2,1H3,(H,13,15). The molecule has 4 atom stereocenters. The van der Waals surface area contributed by atoms with Gasteiger partial charge in [-0.2, -0.15) is 0 Å². The highest BCUT2D eigenvalue weighted by molar-refractivity contribution is 5.81. The summed E-state index contributed by atoms with van der Waals surface area (Å²) in [5, 5.41) is 16.7. The van der Waals surface area contributed by atoms with E-state index < -0.39 is 17.3 Å². The van der Waals surface area contributed by atoms with Crippen molar-refractivity contribution < 1.29 is 14.5 Å². The summed E-state index contributed by atoms with van der Waals surface area (Å²) in [7, 11) is 0. The number of carbonyl (C=O) groups is 1. The highest BCUT2D eigenvalue weighted by Gasteiger charge is 2.38. The molecule has 0 aromatic rings. The van der Waals surface area contributed by atoms with Crippen LogP contribution in [0.15, 0.2) is 0 Å². The normalized spacial score (nSPS) is 36.3. The van der Waals surface area contributed by atoms with E-state index in [4.69, 9.17) is 4.74 Å². The van der Waals surface area contributed by atoms with Crippen molar-refractivity contribution in [1.29, 1.82) is 0 Å². The fourth-order valence-electron chi connectivity index (χ4n) is 2.46. The van der Waals surface area contributed by atoms with Crippen LogP contribution in [0.5, 0.6) is 0 Å². The number of carbonyl (C=O) groups excluding carboxylic acids is 1. The Balaban J connectivity index is 1.83. The Kier molecular flexibility index (Phi) is 4.13. The van der Waals surface area contributed by atoms with Crippen LogP contribution in [0.2, 0.25) is 0 Å². The largest absolute Gasteiger partial charge is 0.338 e. The molecule has 4 unspecified atom stereocenters. The van der Waals surface area contributed by atoms with Crippen molar-refractivity contribution in [3.63, 3.8) is 0 Å². The van der Waals surface area contributed by atoms with Gasteiger partial charge >= 0.3 is 6.23 Å². The maximum atomic E-state index is 11.9. The minimum absolute atomic E-state index is 0.0514. The fraction of sp³-hybridized carbons (Fsp3) is 0.909. The monoisotopic (exact) mass is 257 g/mol. The summed E-state index contributed by atoms with van der Waals surface area (Å²) in [6.45, 7) is 2.96. The van der Waals surface area contributed by atoms with Gasteiger partial charge in [-0.05, 0) is 31.7 Å². The number of hydrogen-bond donors (Lipinski definition) is 2. The molecule has 0 aliphatic carbocycles. The van der Waals surface area contributed by atoms with E-state index in [1.807, 2.05) is 0 Å². The van der Waals surface area contributed by atoms with Gasteiger partial charge in [-0.3, -0.25) is 20.2 Å². The first-order valence-electron chi connectivity index (χ1n) is 6.40. The van der Waals surface area contributed by atoms with Crippen LogP contribution in [-0.4, -0.2) is 35.9 Å². The van der Waals surface area contributed by atoms with Gasteiger partial charge in [0.25, 0.3) is 5.91 Å². The molecule has 7 nitrogen and oxygen atoms in total. The average Bonchev–Trinajstić information content (AvgIpc) is 2.81. The summed E-state index contributed by atoms with van der Waals surface area (Å²) in [5.74, 6) is 0.126. The predicted molar refractivity (Wildman–Crippen MR) is 63.2 cm³/mol. The molecule has 1 amide bonds. The van der Waals surface area contributed by atoms with Gasteiger partial charge in [0.05, 0.1) is 11.1 Å². The van der Waals surface area contributed by atoms with Gasteiger partial charge in [0.15, 0.2) is 0 Å². The molecule has 2 N–H and O–H groups in total. The second-order valence-corrected chi connectivity index (χ2v) is 5.00. The first-order chi connectivity index (χ1) is 8.58. The summed E-state index contributed by atoms with van der Waals surface area (Å²) in [6, 6.07) is 0. The Labute approximate surface area is 105 Å². The van der Waals surface area contributed by atoms with E-state index in [0.29, 0.717) is 18.8 Å². The van der Waals surface area contributed by atoms with Gasteiger partial charge in [0.1, 0.15) is 6.10 Å². The Morgan fingerprint density at radius 1 is 1.44 bits per heavy atom. The molecule has 2 aliphatic rings. The number of amides is 1. The highest BCUT2D eigenvalue weighted by atomic mass is 16.7. The Hall–Kier alpha value is -1.21. The van der Waals surface area contributed by atoms with Crippen LogP contribution < -0.4 is 10.6 Å². The number of nitrogens with zero attached hydrogens (tertiary/aromatic N) is 1. The third-order valence-corrected chi connectivity index (χ3v) is 3.59. The molecule has 0 bridgehead atoms. The summed E-state index contributed by atoms with van der Waals surface area (Å²) in [4.78, 5) is 22.0. The number of piperidine rings is 1. The van der Waals surface area contributed by atoms with Crippen molar-refractivity contribution >= 4 is 5.91 Å². The van der Waals surface area contributed by atoms with Crippen LogP contribution in [0.3, 0.4) is 0 Å². The molecule has 2 fully saturated rings. The van der Waals surface area contributed by atoms with Gasteiger partial charge in [0, 0.05) is 6.42 Å². The smallest absolute Gasteiger partial charge is 0.316 e. The number of rotatable bonds is 3. The van der Waals surface area contributed by atoms with E-state index in [2.05, 4.69) is 17.6 Å². The van der Waals surface area contributed by atoms with Crippen molar-refractivity contribution in [3.8, 4) is 0 Å². The molecule has 0 radical (unpaired) electrons. The van der Waals surface area contributed by atoms with Crippen molar-refractivity contribution in [1.82, 2.24) is 10.6 Å². The van der Waals surface area contributed by atoms with Crippen LogP contribution in [0.4, 0.5) is 0 Å². The van der Waals surface area contributed by atoms with E-state index in [1.54, 1.807) is 0 Å². The number of ether oxygens (including phenoxy) is 1. The van der Waals surface area contributed by atoms with Gasteiger partial charge in [-0.15, -0.1) is 0 Å². The summed E-state index contributed by atoms with van der Waals surface area (Å²) in [5.41, 5.74) is 0. The average molecular weight is 257 g/mol. The summed E-state index contributed by atoms with van der Waals surface area (Å²) < 4.78 is 5.12. The zero-order valence-corrected chi connectivity index (χ0v) is 10.4. The summed E-state index contributed by atoms with van der Waals surface area (Å²) in [6.07, 6.45) is 1.13. The van der Waals surface area contributed by atoms with Crippen molar-refractivity contribution in [2.45, 2.75) is 51.1 Å². The van der Waals surface area contributed by atoms with E-state index in [1.165, 1.54) is 0 Å². The maximum absolute atomic E-state index is 11.9. The lowest BCUT2D eigenvalue weighted by molar-refractivity contribution is -0.570. The lowest BCUT2D eigenvalue weighted by atomic mass is 9.98. The van der Waals surface area contributed by atoms with Gasteiger partial charge < -0.3 is 10.1 Å². The third kappa shape index (κ3) is 2.97. The minimum Gasteiger partial charge on any atom is -0.338 e. The van der Waals surface area contributed by atoms with Crippen LogP contribution in [0.25, 0.3) is 0 Å². The molecular formula is C11H19N3O4. The van der Waals surface area contributed by atoms with Crippen molar-refractivity contribution in [2.24, 2.45) is 5.92 Å². The topological polar surface area (TPSA) is 93.5 Å². The lowest BCUT2D eigenvalue weighted by Gasteiger charge is -2.31. The number of hydrogen-bond acceptors (Lipinski definition) is 5. The van der Waals surface area contributed by atoms with E-state index in [9.17, 15) is 14.9 Å². The molecule has 2 rings (SSSR count). The van der Waals surface area contributed by atoms with E-state index in [-0.39, 0.29) is 12.1 Å². The lowest BCUT2D eigenvalue weighted by Crippen LogP contribution is -2.54. The maximum Gasteiger partial charge on any atom is 0.316 e. The van der Waals surface area contributed by atoms with E-state index >= 15 is 0 Å². The van der Waals surface area contributed by atoms with Crippen LogP contribution >= 0.6 is 0 Å². The molecule has 2 heterocycles. The molecule has 2 aliphatic heterocycles. The molecular weight excluding hydrogens is 238 g/mol. The Morgan fingerprint density at radius 2 is 2.22 bits per heavy atom. The number of nitro groups is 1. The number of nitrogens with one attached hydrogen (secondary N) is 2. The first-order valence-corrected chi connectivity index (χ1v) is 6.40. The highest BCUT2D eigenvalue weighted by Crippen LogP contribution is 2.21. The van der Waals surface area contributed by atoms with Crippen LogP contribution in [0.1, 0.15) is 32.6 Å². The fourth-order valence-corrected chi connectivity index (χ4v) is 2.46. The molecule has 0 aromatic carbocycles. The molecule has 0 saturated carbocycles. The minimum atomic E-state index is -1.03. The second-order valence-electron chi connectivity index (χ2n) is 5.00. The van der Waals surface area contributed by atoms with Crippen LogP contribution in [-0.2, 0) is 9.53 Å². The predicted octanol–water partition coefficient (Wildman–Crippen LogP) is 0.230. The Morgan fingerprint density at radius 3 is 2.83 bits per heavy atom. The van der Waals surface area contributed by atoms with E-state index in [0.717, 1.165) is 19.4 Å². The third-order valence-electron chi connectivity index (χ3n) is 3.59. The first kappa shape index (κ1) is 13.2. The van der Waals surface area contributed by atoms with Crippen LogP contribution in [0, 0.1) is 16.0 Å². The molecule has 7 heteroatoms. The molecule has 18 heavy (non-hydrogen) atoms. The Bertz CT molecular complexity index is 336.